The molecule has 0 saturated heterocycles. The van der Waals surface area contributed by atoms with Gasteiger partial charge in [-0.3, -0.25) is 9.59 Å². The van der Waals surface area contributed by atoms with E-state index in [4.69, 9.17) is 5.73 Å². The Bertz CT molecular complexity index is 1300. The number of halogens is 1. The van der Waals surface area contributed by atoms with Crippen molar-refractivity contribution in [1.29, 1.82) is 0 Å². The Hall–Kier alpha value is -4.07. The highest BCUT2D eigenvalue weighted by Crippen LogP contribution is 2.32. The molecule has 4 rings (SSSR count). The molecule has 0 atom stereocenters. The number of aromatic amines is 1. The summed E-state index contributed by atoms with van der Waals surface area (Å²) in [5.74, 6) is -1.05. The predicted molar refractivity (Wildman–Crippen MR) is 117 cm³/mol. The quantitative estimate of drug-likeness (QED) is 0.320. The molecule has 2 aromatic carbocycles. The number of carbonyl (C=O) groups excluding carboxylic acids is 2. The number of nitrogens with two attached hydrogens (primary N) is 1. The highest BCUT2D eigenvalue weighted by molar-refractivity contribution is 6.45. The lowest BCUT2D eigenvalue weighted by atomic mass is 10.0. The van der Waals surface area contributed by atoms with Gasteiger partial charge in [0.25, 0.3) is 11.7 Å². The monoisotopic (exact) mass is 417 g/mol. The molecule has 1 amide bonds. The van der Waals surface area contributed by atoms with E-state index in [1.807, 2.05) is 19.9 Å². The van der Waals surface area contributed by atoms with Crippen molar-refractivity contribution < 1.29 is 14.0 Å². The number of hydrogen-bond acceptors (Lipinski definition) is 5. The van der Waals surface area contributed by atoms with Crippen molar-refractivity contribution >= 4 is 34.1 Å². The van der Waals surface area contributed by atoms with Gasteiger partial charge in [-0.1, -0.05) is 19.9 Å². The van der Waals surface area contributed by atoms with Crippen LogP contribution in [0.2, 0.25) is 0 Å². The average molecular weight is 417 g/mol. The van der Waals surface area contributed by atoms with Crippen molar-refractivity contribution in [3.8, 4) is 11.4 Å². The SMILES string of the molecule is CC(C)c1cnc(-c2ccc(F)cc2)nc1Nc1cccc2[nH]cc(C(=O)C(N)=O)c12. The van der Waals surface area contributed by atoms with Crippen LogP contribution in [0.5, 0.6) is 0 Å². The van der Waals surface area contributed by atoms with Crippen LogP contribution < -0.4 is 11.1 Å². The number of amides is 1. The number of aromatic nitrogens is 3. The Morgan fingerprint density at radius 2 is 1.87 bits per heavy atom. The first kappa shape index (κ1) is 20.2. The van der Waals surface area contributed by atoms with E-state index in [1.165, 1.54) is 18.3 Å². The summed E-state index contributed by atoms with van der Waals surface area (Å²) < 4.78 is 13.3. The van der Waals surface area contributed by atoms with Gasteiger partial charge in [0.1, 0.15) is 11.6 Å². The van der Waals surface area contributed by atoms with E-state index in [2.05, 4.69) is 20.3 Å². The van der Waals surface area contributed by atoms with E-state index in [0.717, 1.165) is 5.56 Å². The third-order valence-electron chi connectivity index (χ3n) is 4.97. The molecule has 2 heterocycles. The molecule has 4 aromatic rings. The van der Waals surface area contributed by atoms with Crippen molar-refractivity contribution in [1.82, 2.24) is 15.0 Å². The van der Waals surface area contributed by atoms with E-state index in [0.29, 0.717) is 33.8 Å². The Kier molecular flexibility index (Phi) is 5.21. The summed E-state index contributed by atoms with van der Waals surface area (Å²) in [6, 6.07) is 11.3. The van der Waals surface area contributed by atoms with Gasteiger partial charge in [0.2, 0.25) is 0 Å². The fraction of sp³-hybridized carbons (Fsp3) is 0.130. The molecule has 0 bridgehead atoms. The molecule has 31 heavy (non-hydrogen) atoms. The second-order valence-corrected chi connectivity index (χ2v) is 7.41. The van der Waals surface area contributed by atoms with Crippen LogP contribution in [-0.2, 0) is 4.79 Å². The molecule has 0 fully saturated rings. The third kappa shape index (κ3) is 3.87. The van der Waals surface area contributed by atoms with Crippen LogP contribution in [0.25, 0.3) is 22.3 Å². The molecule has 8 heteroatoms. The van der Waals surface area contributed by atoms with Gasteiger partial charge < -0.3 is 16.0 Å². The molecule has 0 saturated carbocycles. The van der Waals surface area contributed by atoms with E-state index in [-0.39, 0.29) is 17.3 Å². The molecule has 0 radical (unpaired) electrons. The van der Waals surface area contributed by atoms with Crippen molar-refractivity contribution in [3.05, 3.63) is 71.8 Å². The maximum atomic E-state index is 13.3. The topological polar surface area (TPSA) is 114 Å². The fourth-order valence-electron chi connectivity index (χ4n) is 3.38. The van der Waals surface area contributed by atoms with Crippen LogP contribution in [-0.4, -0.2) is 26.6 Å². The van der Waals surface area contributed by atoms with Crippen LogP contribution in [0.15, 0.2) is 54.9 Å². The first-order chi connectivity index (χ1) is 14.8. The van der Waals surface area contributed by atoms with Crippen LogP contribution in [0.3, 0.4) is 0 Å². The molecule has 7 nitrogen and oxygen atoms in total. The molecule has 4 N–H and O–H groups in total. The molecule has 0 aliphatic rings. The summed E-state index contributed by atoms with van der Waals surface area (Å²) in [7, 11) is 0. The van der Waals surface area contributed by atoms with Gasteiger partial charge in [-0.2, -0.15) is 0 Å². The second-order valence-electron chi connectivity index (χ2n) is 7.41. The lowest BCUT2D eigenvalue weighted by Gasteiger charge is -2.16. The van der Waals surface area contributed by atoms with E-state index in [1.54, 1.807) is 30.5 Å². The zero-order valence-electron chi connectivity index (χ0n) is 16.9. The Balaban J connectivity index is 1.83. The maximum absolute atomic E-state index is 13.3. The molecule has 0 aliphatic heterocycles. The van der Waals surface area contributed by atoms with Gasteiger partial charge in [0, 0.05) is 40.1 Å². The normalized spacial score (nSPS) is 11.1. The standard InChI is InChI=1S/C23H20FN5O2/c1-12(2)15-10-27-22(13-6-8-14(24)9-7-13)29-23(15)28-18-5-3-4-17-19(18)16(11-26-17)20(30)21(25)31/h3-12,26H,1-2H3,(H2,25,31)(H,27,28,29). The van der Waals surface area contributed by atoms with Crippen molar-refractivity contribution in [2.24, 2.45) is 5.73 Å². The smallest absolute Gasteiger partial charge is 0.289 e. The van der Waals surface area contributed by atoms with E-state index < -0.39 is 11.7 Å². The number of carbonyl (C=O) groups is 2. The molecule has 0 spiro atoms. The largest absolute Gasteiger partial charge is 0.363 e. The van der Waals surface area contributed by atoms with Crippen molar-refractivity contribution in [2.45, 2.75) is 19.8 Å². The van der Waals surface area contributed by atoms with Crippen molar-refractivity contribution in [3.63, 3.8) is 0 Å². The summed E-state index contributed by atoms with van der Waals surface area (Å²) in [6.45, 7) is 4.03. The average Bonchev–Trinajstić information content (AvgIpc) is 3.18. The number of benzene rings is 2. The lowest BCUT2D eigenvalue weighted by Crippen LogP contribution is -2.22. The summed E-state index contributed by atoms with van der Waals surface area (Å²) in [5.41, 5.74) is 8.19. The number of fused-ring (bicyclic) bond motifs is 1. The van der Waals surface area contributed by atoms with Gasteiger partial charge in [-0.25, -0.2) is 14.4 Å². The zero-order valence-corrected chi connectivity index (χ0v) is 16.9. The molecule has 0 unspecified atom stereocenters. The highest BCUT2D eigenvalue weighted by Gasteiger charge is 2.20. The van der Waals surface area contributed by atoms with Crippen molar-refractivity contribution in [2.75, 3.05) is 5.32 Å². The first-order valence-electron chi connectivity index (χ1n) is 9.69. The lowest BCUT2D eigenvalue weighted by molar-refractivity contribution is -0.114. The van der Waals surface area contributed by atoms with Gasteiger partial charge in [-0.15, -0.1) is 0 Å². The third-order valence-corrected chi connectivity index (χ3v) is 4.97. The highest BCUT2D eigenvalue weighted by atomic mass is 19.1. The number of anilines is 2. The Morgan fingerprint density at radius 3 is 2.55 bits per heavy atom. The number of Topliss-reactive ketones (excluding diaryl/α,β-unsaturated/α-hetero) is 1. The van der Waals surface area contributed by atoms with E-state index in [9.17, 15) is 14.0 Å². The van der Waals surface area contributed by atoms with Gasteiger partial charge in [0.05, 0.1) is 5.56 Å². The number of nitrogens with zero attached hydrogens (tertiary/aromatic N) is 2. The second kappa shape index (κ2) is 7.98. The number of nitrogens with one attached hydrogen (secondary N) is 2. The minimum Gasteiger partial charge on any atom is -0.363 e. The Labute approximate surface area is 177 Å². The minimum absolute atomic E-state index is 0.113. The van der Waals surface area contributed by atoms with Gasteiger partial charge >= 0.3 is 0 Å². The summed E-state index contributed by atoms with van der Waals surface area (Å²) in [4.78, 5) is 35.8. The molecule has 0 aliphatic carbocycles. The summed E-state index contributed by atoms with van der Waals surface area (Å²) in [6.07, 6.45) is 3.20. The predicted octanol–water partition coefficient (Wildman–Crippen LogP) is 4.30. The molecular formula is C23H20FN5O2. The number of rotatable bonds is 6. The molecule has 2 aromatic heterocycles. The molecule has 156 valence electrons. The number of hydrogen-bond donors (Lipinski definition) is 3. The zero-order chi connectivity index (χ0) is 22.1. The summed E-state index contributed by atoms with van der Waals surface area (Å²) in [5, 5.41) is 3.83. The first-order valence-corrected chi connectivity index (χ1v) is 9.69. The van der Waals surface area contributed by atoms with Gasteiger partial charge in [-0.05, 0) is 42.3 Å². The Morgan fingerprint density at radius 1 is 1.13 bits per heavy atom. The summed E-state index contributed by atoms with van der Waals surface area (Å²) >= 11 is 0. The fourth-order valence-corrected chi connectivity index (χ4v) is 3.38. The maximum Gasteiger partial charge on any atom is 0.289 e. The number of H-pyrrole nitrogens is 1. The van der Waals surface area contributed by atoms with Gasteiger partial charge in [0.15, 0.2) is 5.82 Å². The van der Waals surface area contributed by atoms with Crippen LogP contribution in [0, 0.1) is 5.82 Å². The van der Waals surface area contributed by atoms with Crippen LogP contribution in [0.1, 0.15) is 35.7 Å². The van der Waals surface area contributed by atoms with E-state index >= 15 is 0 Å². The van der Waals surface area contributed by atoms with Crippen LogP contribution in [0.4, 0.5) is 15.9 Å². The number of primary amides is 1. The van der Waals surface area contributed by atoms with Crippen LogP contribution >= 0.6 is 0 Å². The minimum atomic E-state index is -1.03. The number of ketones is 1. The molecular weight excluding hydrogens is 397 g/mol.